The van der Waals surface area contributed by atoms with E-state index in [2.05, 4.69) is 11.7 Å². The van der Waals surface area contributed by atoms with E-state index in [4.69, 9.17) is 4.74 Å². The maximum atomic E-state index is 14.8. The fourth-order valence-electron chi connectivity index (χ4n) is 5.40. The number of rotatable bonds is 9. The minimum atomic E-state index is -3.57. The maximum absolute atomic E-state index is 14.8. The van der Waals surface area contributed by atoms with Crippen molar-refractivity contribution in [3.63, 3.8) is 0 Å². The molecule has 0 saturated heterocycles. The first kappa shape index (κ1) is 25.8. The zero-order valence-corrected chi connectivity index (χ0v) is 18.9. The fourth-order valence-corrected chi connectivity index (χ4v) is 5.40. The molecule has 0 aromatic heterocycles. The van der Waals surface area contributed by atoms with E-state index in [-0.39, 0.29) is 0 Å². The number of alkyl halides is 4. The van der Waals surface area contributed by atoms with E-state index in [1.165, 1.54) is 38.5 Å². The summed E-state index contributed by atoms with van der Waals surface area (Å²) in [4.78, 5) is 0. The van der Waals surface area contributed by atoms with E-state index < -0.39 is 41.6 Å². The second kappa shape index (κ2) is 11.5. The Morgan fingerprint density at radius 3 is 2.00 bits per heavy atom. The minimum Gasteiger partial charge on any atom is -0.459 e. The third kappa shape index (κ3) is 7.06. The predicted molar refractivity (Wildman–Crippen MR) is 114 cm³/mol. The maximum Gasteiger partial charge on any atom is 0.400 e. The molecule has 0 radical (unpaired) electrons. The van der Waals surface area contributed by atoms with Crippen LogP contribution < -0.4 is 9.47 Å². The summed E-state index contributed by atoms with van der Waals surface area (Å²) < 4.78 is 91.1. The first-order chi connectivity index (χ1) is 15.7. The summed E-state index contributed by atoms with van der Waals surface area (Å²) in [5, 5.41) is 0. The zero-order valence-electron chi connectivity index (χ0n) is 18.9. The molecule has 0 bridgehead atoms. The summed E-state index contributed by atoms with van der Waals surface area (Å²) in [6.07, 6.45) is 3.60. The van der Waals surface area contributed by atoms with Crippen molar-refractivity contribution in [2.24, 2.45) is 23.7 Å². The van der Waals surface area contributed by atoms with Crippen molar-refractivity contribution in [3.05, 3.63) is 36.1 Å². The Balaban J connectivity index is 1.54. The Hall–Kier alpha value is -1.86. The molecule has 186 valence electrons. The van der Waals surface area contributed by atoms with Gasteiger partial charge in [0.25, 0.3) is 6.43 Å². The molecule has 0 spiro atoms. The van der Waals surface area contributed by atoms with Gasteiger partial charge in [0.2, 0.25) is 0 Å². The van der Waals surface area contributed by atoms with E-state index in [0.717, 1.165) is 5.92 Å². The summed E-state index contributed by atoms with van der Waals surface area (Å²) >= 11 is 0. The van der Waals surface area contributed by atoms with Crippen molar-refractivity contribution in [1.29, 1.82) is 0 Å². The van der Waals surface area contributed by atoms with Gasteiger partial charge in [0.15, 0.2) is 17.4 Å². The van der Waals surface area contributed by atoms with E-state index in [0.29, 0.717) is 62.0 Å². The van der Waals surface area contributed by atoms with Crippen LogP contribution in [0.3, 0.4) is 0 Å². The highest BCUT2D eigenvalue weighted by atomic mass is 19.3. The van der Waals surface area contributed by atoms with Crippen LogP contribution in [0.25, 0.3) is 0 Å². The van der Waals surface area contributed by atoms with Gasteiger partial charge in [-0.05, 0) is 56.3 Å². The van der Waals surface area contributed by atoms with Gasteiger partial charge in [-0.1, -0.05) is 32.6 Å². The van der Waals surface area contributed by atoms with Gasteiger partial charge >= 0.3 is 6.11 Å². The molecule has 0 amide bonds. The molecule has 0 heterocycles. The second-order valence-electron chi connectivity index (χ2n) is 9.34. The Morgan fingerprint density at radius 1 is 0.939 bits per heavy atom. The molecular formula is C25H32F6O2. The number of benzene rings is 1. The van der Waals surface area contributed by atoms with Crippen molar-refractivity contribution < 1.29 is 35.8 Å². The fraction of sp³-hybridized carbons (Fsp3) is 0.680. The van der Waals surface area contributed by atoms with Gasteiger partial charge in [0.1, 0.15) is 5.75 Å². The lowest BCUT2D eigenvalue weighted by Gasteiger charge is -2.39. The molecule has 1 aromatic carbocycles. The Bertz CT molecular complexity index is 758. The molecule has 0 N–H and O–H groups in total. The molecule has 2 aliphatic carbocycles. The molecule has 1 aromatic rings. The molecule has 2 fully saturated rings. The molecule has 2 nitrogen and oxygen atoms in total. The highest BCUT2D eigenvalue weighted by Crippen LogP contribution is 2.46. The Morgan fingerprint density at radius 2 is 1.48 bits per heavy atom. The molecule has 2 aliphatic rings. The average Bonchev–Trinajstić information content (AvgIpc) is 2.76. The number of hydrogen-bond acceptors (Lipinski definition) is 2. The minimum absolute atomic E-state index is 0.296. The normalized spacial score (nSPS) is 26.7. The molecule has 0 atom stereocenters. The third-order valence-corrected chi connectivity index (χ3v) is 7.14. The lowest BCUT2D eigenvalue weighted by molar-refractivity contribution is -0.224. The van der Waals surface area contributed by atoms with E-state index in [1.807, 2.05) is 0 Å². The monoisotopic (exact) mass is 478 g/mol. The van der Waals surface area contributed by atoms with Crippen LogP contribution in [0.2, 0.25) is 0 Å². The average molecular weight is 479 g/mol. The number of halogens is 6. The molecule has 33 heavy (non-hydrogen) atoms. The molecule has 2 saturated carbocycles. The van der Waals surface area contributed by atoms with Gasteiger partial charge in [-0.15, -0.1) is 0 Å². The third-order valence-electron chi connectivity index (χ3n) is 7.14. The summed E-state index contributed by atoms with van der Waals surface area (Å²) in [5.41, 5.74) is 0. The van der Waals surface area contributed by atoms with Crippen LogP contribution in [0, 0.1) is 35.3 Å². The first-order valence-electron chi connectivity index (χ1n) is 11.9. The number of allylic oxidation sites excluding steroid dienone is 1. The van der Waals surface area contributed by atoms with E-state index in [1.54, 1.807) is 0 Å². The predicted octanol–water partition coefficient (Wildman–Crippen LogP) is 8.51. The molecule has 3 rings (SSSR count). The van der Waals surface area contributed by atoms with Crippen molar-refractivity contribution in [2.75, 3.05) is 0 Å². The Labute approximate surface area is 191 Å². The summed E-state index contributed by atoms with van der Waals surface area (Å²) in [6, 6.07) is 1.14. The van der Waals surface area contributed by atoms with Crippen molar-refractivity contribution in [3.8, 4) is 11.5 Å². The van der Waals surface area contributed by atoms with Crippen molar-refractivity contribution >= 4 is 0 Å². The highest BCUT2D eigenvalue weighted by Gasteiger charge is 2.45. The van der Waals surface area contributed by atoms with Gasteiger partial charge < -0.3 is 9.47 Å². The molecule has 8 heteroatoms. The SMILES string of the molecule is CCCC1CCC(C2CCC(C(F)(F)Oc3cc(F)c(O/C=C/C(F)F)c(F)c3)CC2)CC1. The first-order valence-corrected chi connectivity index (χ1v) is 11.9. The van der Waals surface area contributed by atoms with Crippen LogP contribution >= 0.6 is 0 Å². The van der Waals surface area contributed by atoms with Crippen LogP contribution in [0.5, 0.6) is 11.5 Å². The number of hydrogen-bond donors (Lipinski definition) is 0. The van der Waals surface area contributed by atoms with E-state index >= 15 is 0 Å². The topological polar surface area (TPSA) is 18.5 Å². The van der Waals surface area contributed by atoms with Gasteiger partial charge in [-0.25, -0.2) is 17.6 Å². The lowest BCUT2D eigenvalue weighted by atomic mass is 9.68. The molecular weight excluding hydrogens is 446 g/mol. The van der Waals surface area contributed by atoms with Crippen molar-refractivity contribution in [1.82, 2.24) is 0 Å². The van der Waals surface area contributed by atoms with E-state index in [9.17, 15) is 26.3 Å². The van der Waals surface area contributed by atoms with Crippen LogP contribution in [0.1, 0.15) is 71.1 Å². The van der Waals surface area contributed by atoms with Gasteiger partial charge in [0.05, 0.1) is 12.2 Å². The summed E-state index contributed by atoms with van der Waals surface area (Å²) in [6.45, 7) is 2.20. The van der Waals surface area contributed by atoms with Crippen LogP contribution in [0.4, 0.5) is 26.3 Å². The number of ether oxygens (including phenoxy) is 2. The van der Waals surface area contributed by atoms with Crippen molar-refractivity contribution in [2.45, 2.75) is 83.7 Å². The summed E-state index contributed by atoms with van der Waals surface area (Å²) in [7, 11) is 0. The van der Waals surface area contributed by atoms with Crippen LogP contribution in [0.15, 0.2) is 24.5 Å². The highest BCUT2D eigenvalue weighted by molar-refractivity contribution is 5.35. The zero-order chi connectivity index (χ0) is 24.0. The van der Waals surface area contributed by atoms with Gasteiger partial charge in [-0.3, -0.25) is 0 Å². The van der Waals surface area contributed by atoms with Gasteiger partial charge in [-0.2, -0.15) is 8.78 Å². The van der Waals surface area contributed by atoms with Crippen LogP contribution in [-0.2, 0) is 0 Å². The summed E-state index contributed by atoms with van der Waals surface area (Å²) in [5.74, 6) is -3.44. The largest absolute Gasteiger partial charge is 0.459 e. The molecule has 0 aliphatic heterocycles. The van der Waals surface area contributed by atoms with Crippen LogP contribution in [-0.4, -0.2) is 12.5 Å². The quantitative estimate of drug-likeness (QED) is 0.262. The lowest BCUT2D eigenvalue weighted by Crippen LogP contribution is -2.38. The Kier molecular flexibility index (Phi) is 8.99. The molecule has 0 unspecified atom stereocenters. The smallest absolute Gasteiger partial charge is 0.400 e. The second-order valence-corrected chi connectivity index (χ2v) is 9.34. The standard InChI is InChI=1S/C25H32F6O2/c1-2-3-16-4-6-17(7-5-16)18-8-10-19(11-9-18)25(30,31)33-20-14-21(26)24(22(27)15-20)32-13-12-23(28)29/h12-19,23H,2-11H2,1H3/b13-12+. The van der Waals surface area contributed by atoms with Gasteiger partial charge in [0, 0.05) is 18.2 Å².